The lowest BCUT2D eigenvalue weighted by Crippen LogP contribution is -2.54. The van der Waals surface area contributed by atoms with Crippen LogP contribution in [-0.2, 0) is 16.0 Å². The Kier molecular flexibility index (Phi) is 5.12. The third-order valence-corrected chi connectivity index (χ3v) is 5.87. The molecule has 0 fully saturated rings. The molecule has 2 unspecified atom stereocenters. The zero-order chi connectivity index (χ0) is 19.9. The fraction of sp³-hybridized carbons (Fsp3) is 0.500. The maximum atomic E-state index is 13.2. The fourth-order valence-corrected chi connectivity index (χ4v) is 3.98. The van der Waals surface area contributed by atoms with Crippen molar-refractivity contribution in [2.45, 2.75) is 45.3 Å². The van der Waals surface area contributed by atoms with Gasteiger partial charge in [-0.3, -0.25) is 14.5 Å². The Bertz CT molecular complexity index is 834. The number of phenolic OH excluding ortho intramolecular Hbond substituents is 1. The molecule has 2 atom stereocenters. The van der Waals surface area contributed by atoms with E-state index in [0.717, 1.165) is 24.2 Å². The summed E-state index contributed by atoms with van der Waals surface area (Å²) in [6.07, 6.45) is 3.52. The highest BCUT2D eigenvalue weighted by Gasteiger charge is 2.63. The van der Waals surface area contributed by atoms with Gasteiger partial charge >= 0.3 is 5.72 Å². The van der Waals surface area contributed by atoms with E-state index in [4.69, 9.17) is 21.1 Å². The molecule has 6 nitrogen and oxygen atoms in total. The van der Waals surface area contributed by atoms with Gasteiger partial charge in [0.1, 0.15) is 11.5 Å². The highest BCUT2D eigenvalue weighted by atomic mass is 35.5. The maximum Gasteiger partial charge on any atom is 0.309 e. The number of carbonyl (C=O) groups excluding carboxylic acids is 2. The number of Topliss-reactive ketones (excluding diaryl/α,β-unsaturated/α-hetero) is 1. The van der Waals surface area contributed by atoms with E-state index in [0.29, 0.717) is 29.2 Å². The van der Waals surface area contributed by atoms with Crippen molar-refractivity contribution in [3.63, 3.8) is 0 Å². The first-order valence-electron chi connectivity index (χ1n) is 9.10. The van der Waals surface area contributed by atoms with E-state index in [1.807, 2.05) is 0 Å². The number of benzene rings is 1. The summed E-state index contributed by atoms with van der Waals surface area (Å²) in [5.41, 5.74) is -0.864. The van der Waals surface area contributed by atoms with Crippen molar-refractivity contribution >= 4 is 23.3 Å². The third-order valence-electron chi connectivity index (χ3n) is 5.53. The van der Waals surface area contributed by atoms with Gasteiger partial charge < -0.3 is 14.6 Å². The molecule has 0 bridgehead atoms. The number of halogens is 1. The van der Waals surface area contributed by atoms with Crippen LogP contribution in [-0.4, -0.2) is 41.6 Å². The normalized spacial score (nSPS) is 22.5. The second-order valence-electron chi connectivity index (χ2n) is 7.13. The van der Waals surface area contributed by atoms with E-state index in [-0.39, 0.29) is 16.5 Å². The number of hydrogen-bond donors (Lipinski definition) is 1. The van der Waals surface area contributed by atoms with Crippen molar-refractivity contribution in [1.29, 1.82) is 0 Å². The molecular weight excluding hydrogens is 370 g/mol. The van der Waals surface area contributed by atoms with Crippen LogP contribution in [0.2, 0.25) is 0 Å². The smallest absolute Gasteiger partial charge is 0.309 e. The molecule has 1 spiro atoms. The molecule has 7 heteroatoms. The van der Waals surface area contributed by atoms with Gasteiger partial charge in [0.2, 0.25) is 5.78 Å². The van der Waals surface area contributed by atoms with Gasteiger partial charge in [0.25, 0.3) is 5.91 Å². The number of aromatic hydroxyl groups is 1. The van der Waals surface area contributed by atoms with Gasteiger partial charge in [0.15, 0.2) is 10.8 Å². The number of amides is 1. The number of hydrogen-bond acceptors (Lipinski definition) is 5. The van der Waals surface area contributed by atoms with Crippen molar-refractivity contribution < 1.29 is 24.2 Å². The molecule has 0 aromatic heterocycles. The largest absolute Gasteiger partial charge is 0.508 e. The van der Waals surface area contributed by atoms with Crippen LogP contribution in [0.4, 0.5) is 0 Å². The van der Waals surface area contributed by atoms with Gasteiger partial charge in [-0.1, -0.05) is 38.3 Å². The topological polar surface area (TPSA) is 76.1 Å². The fourth-order valence-electron chi connectivity index (χ4n) is 3.65. The van der Waals surface area contributed by atoms with Crippen LogP contribution in [0.3, 0.4) is 0 Å². The number of carbonyl (C=O) groups is 2. The molecule has 146 valence electrons. The quantitative estimate of drug-likeness (QED) is 0.799. The lowest BCUT2D eigenvalue weighted by atomic mass is 9.95. The Morgan fingerprint density at radius 1 is 1.37 bits per heavy atom. The number of likely N-dealkylation sites (N-methyl/N-ethyl adjacent to an activating group) is 1. The monoisotopic (exact) mass is 393 g/mol. The molecule has 0 radical (unpaired) electrons. The number of ketones is 1. The molecule has 2 aliphatic heterocycles. The molecule has 0 saturated carbocycles. The van der Waals surface area contributed by atoms with E-state index in [9.17, 15) is 14.7 Å². The minimum absolute atomic E-state index is 0.0251. The van der Waals surface area contributed by atoms with Gasteiger partial charge in [-0.15, -0.1) is 0 Å². The second-order valence-corrected chi connectivity index (χ2v) is 7.51. The predicted octanol–water partition coefficient (Wildman–Crippen LogP) is 3.60. The summed E-state index contributed by atoms with van der Waals surface area (Å²) in [6, 6.07) is 3.00. The summed E-state index contributed by atoms with van der Waals surface area (Å²) >= 11 is 6.09. The lowest BCUT2D eigenvalue weighted by Gasteiger charge is -2.31. The zero-order valence-electron chi connectivity index (χ0n) is 16.0. The van der Waals surface area contributed by atoms with E-state index >= 15 is 0 Å². The number of ether oxygens (including phenoxy) is 2. The predicted molar refractivity (Wildman–Crippen MR) is 101 cm³/mol. The average molecular weight is 394 g/mol. The van der Waals surface area contributed by atoms with Gasteiger partial charge in [0, 0.05) is 12.6 Å². The maximum absolute atomic E-state index is 13.2. The summed E-state index contributed by atoms with van der Waals surface area (Å²) < 4.78 is 11.3. The summed E-state index contributed by atoms with van der Waals surface area (Å²) in [4.78, 5) is 26.7. The van der Waals surface area contributed by atoms with Crippen molar-refractivity contribution in [2.75, 3.05) is 14.2 Å². The Morgan fingerprint density at radius 2 is 2.07 bits per heavy atom. The van der Waals surface area contributed by atoms with Crippen molar-refractivity contribution in [3.05, 3.63) is 34.1 Å². The Hall–Kier alpha value is -2.21. The van der Waals surface area contributed by atoms with Crippen LogP contribution in [0.5, 0.6) is 11.5 Å². The first-order chi connectivity index (χ1) is 12.8. The van der Waals surface area contributed by atoms with Gasteiger partial charge in [-0.25, -0.2) is 0 Å². The number of nitrogens with zero attached hydrogens (tertiary/aromatic N) is 1. The Labute approximate surface area is 163 Å². The van der Waals surface area contributed by atoms with E-state index in [1.165, 1.54) is 26.3 Å². The molecule has 3 rings (SSSR count). The zero-order valence-corrected chi connectivity index (χ0v) is 16.7. The number of rotatable bonds is 6. The highest BCUT2D eigenvalue weighted by molar-refractivity contribution is 6.44. The number of phenols is 1. The first kappa shape index (κ1) is 19.5. The molecule has 2 aliphatic rings. The minimum Gasteiger partial charge on any atom is -0.508 e. The number of fused-ring (bicyclic) bond motifs is 1. The molecule has 2 heterocycles. The summed E-state index contributed by atoms with van der Waals surface area (Å²) in [6.45, 7) is 4.32. The molecule has 0 saturated heterocycles. The van der Waals surface area contributed by atoms with Crippen LogP contribution in [0.1, 0.15) is 49.0 Å². The third kappa shape index (κ3) is 2.78. The first-order valence-corrected chi connectivity index (χ1v) is 9.48. The van der Waals surface area contributed by atoms with Crippen LogP contribution < -0.4 is 4.74 Å². The van der Waals surface area contributed by atoms with Crippen molar-refractivity contribution in [1.82, 2.24) is 4.90 Å². The highest BCUT2D eigenvalue weighted by Crippen LogP contribution is 2.49. The SMILES string of the molecule is CCC(C)CCCc1c(O)ccc2c1OC1(C2=O)C(OC)=C(Cl)C(=O)N1C. The molecule has 1 aromatic rings. The van der Waals surface area contributed by atoms with E-state index in [2.05, 4.69) is 13.8 Å². The summed E-state index contributed by atoms with van der Waals surface area (Å²) in [7, 11) is 2.79. The van der Waals surface area contributed by atoms with Crippen molar-refractivity contribution in [2.24, 2.45) is 5.92 Å². The summed E-state index contributed by atoms with van der Waals surface area (Å²) in [5.74, 6) is -0.0455. The van der Waals surface area contributed by atoms with Gasteiger partial charge in [-0.05, 0) is 30.9 Å². The van der Waals surface area contributed by atoms with E-state index < -0.39 is 17.4 Å². The standard InChI is InChI=1S/C20H24ClNO5/c1-5-11(2)7-6-8-12-14(23)10-9-13-16(12)27-20(17(13)24)18(26-4)15(21)19(25)22(20)3/h9-11,23H,5-8H2,1-4H3. The van der Waals surface area contributed by atoms with Crippen LogP contribution in [0.25, 0.3) is 0 Å². The molecule has 0 aliphatic carbocycles. The molecule has 1 aromatic carbocycles. The molecule has 1 N–H and O–H groups in total. The average Bonchev–Trinajstić information content (AvgIpc) is 3.04. The second kappa shape index (κ2) is 7.08. The van der Waals surface area contributed by atoms with Crippen molar-refractivity contribution in [3.8, 4) is 11.5 Å². The summed E-state index contributed by atoms with van der Waals surface area (Å²) in [5, 5.41) is 10.2. The van der Waals surface area contributed by atoms with Gasteiger partial charge in [-0.2, -0.15) is 0 Å². The molecule has 1 amide bonds. The van der Waals surface area contributed by atoms with Crippen LogP contribution >= 0.6 is 11.6 Å². The van der Waals surface area contributed by atoms with Crippen LogP contribution in [0, 0.1) is 5.92 Å². The van der Waals surface area contributed by atoms with Crippen LogP contribution in [0.15, 0.2) is 22.9 Å². The Morgan fingerprint density at radius 3 is 2.70 bits per heavy atom. The molecular formula is C20H24ClNO5. The lowest BCUT2D eigenvalue weighted by molar-refractivity contribution is -0.133. The number of methoxy groups -OCH3 is 1. The minimum atomic E-state index is -1.75. The van der Waals surface area contributed by atoms with Gasteiger partial charge in [0.05, 0.1) is 12.7 Å². The molecule has 27 heavy (non-hydrogen) atoms. The Balaban J connectivity index is 2.00. The van der Waals surface area contributed by atoms with E-state index in [1.54, 1.807) is 0 Å².